The predicted octanol–water partition coefficient (Wildman–Crippen LogP) is 1.99. The number of hydrogen-bond acceptors (Lipinski definition) is 3. The van der Waals surface area contributed by atoms with Crippen molar-refractivity contribution in [3.63, 3.8) is 0 Å². The Balaban J connectivity index is 2.78. The second kappa shape index (κ2) is 3.51. The van der Waals surface area contributed by atoms with Crippen molar-refractivity contribution in [2.45, 2.75) is 6.36 Å². The summed E-state index contributed by atoms with van der Waals surface area (Å²) in [5, 5.41) is 0. The van der Waals surface area contributed by atoms with Crippen LogP contribution in [0.1, 0.15) is 0 Å². The van der Waals surface area contributed by atoms with Gasteiger partial charge in [0.2, 0.25) is 0 Å². The molecule has 3 nitrogen and oxygen atoms in total. The summed E-state index contributed by atoms with van der Waals surface area (Å²) in [6.45, 7) is 0. The van der Waals surface area contributed by atoms with E-state index in [0.29, 0.717) is 0 Å². The molecule has 1 aromatic rings. The summed E-state index contributed by atoms with van der Waals surface area (Å²) in [5.74, 6) is -0.186. The molecular weight excluding hydrogens is 187 g/mol. The van der Waals surface area contributed by atoms with Gasteiger partial charge in [0.05, 0.1) is 19.5 Å². The Bertz CT molecular complexity index is 287. The van der Waals surface area contributed by atoms with Crippen LogP contribution < -0.4 is 9.47 Å². The molecule has 0 bridgehead atoms. The van der Waals surface area contributed by atoms with Gasteiger partial charge in [0, 0.05) is 6.07 Å². The predicted molar refractivity (Wildman–Crippen MR) is 37.5 cm³/mol. The topological polar surface area (TPSA) is 31.4 Å². The van der Waals surface area contributed by atoms with Crippen LogP contribution in [0.3, 0.4) is 0 Å². The fourth-order valence-electron chi connectivity index (χ4n) is 0.700. The van der Waals surface area contributed by atoms with Crippen LogP contribution in [0.5, 0.6) is 11.5 Å². The number of methoxy groups -OCH3 is 1. The maximum absolute atomic E-state index is 11.7. The molecule has 1 rings (SSSR count). The van der Waals surface area contributed by atoms with Gasteiger partial charge in [-0.05, 0) is 0 Å². The van der Waals surface area contributed by atoms with Crippen LogP contribution in [-0.4, -0.2) is 18.5 Å². The van der Waals surface area contributed by atoms with Gasteiger partial charge in [-0.2, -0.15) is 0 Å². The fourth-order valence-corrected chi connectivity index (χ4v) is 0.700. The number of halogens is 3. The summed E-state index contributed by atoms with van der Waals surface area (Å²) in [7, 11) is 1.33. The average molecular weight is 193 g/mol. The first-order valence-electron chi connectivity index (χ1n) is 3.26. The number of ether oxygens (including phenoxy) is 2. The third-order valence-corrected chi connectivity index (χ3v) is 1.16. The third-order valence-electron chi connectivity index (χ3n) is 1.16. The van der Waals surface area contributed by atoms with Crippen molar-refractivity contribution in [1.82, 2.24) is 4.98 Å². The lowest BCUT2D eigenvalue weighted by Gasteiger charge is -2.08. The van der Waals surface area contributed by atoms with Crippen LogP contribution in [0.2, 0.25) is 0 Å². The van der Waals surface area contributed by atoms with Gasteiger partial charge in [-0.15, -0.1) is 13.2 Å². The number of hydrogen-bond donors (Lipinski definition) is 0. The van der Waals surface area contributed by atoms with Crippen LogP contribution in [0.4, 0.5) is 13.2 Å². The highest BCUT2D eigenvalue weighted by molar-refractivity contribution is 5.28. The van der Waals surface area contributed by atoms with E-state index >= 15 is 0 Å². The first kappa shape index (κ1) is 9.63. The van der Waals surface area contributed by atoms with E-state index in [1.165, 1.54) is 13.3 Å². The molecular formula is C7H6F3NO2. The molecule has 13 heavy (non-hydrogen) atoms. The number of aromatic nitrogens is 1. The van der Waals surface area contributed by atoms with Crippen molar-refractivity contribution in [3.8, 4) is 11.5 Å². The lowest BCUT2D eigenvalue weighted by Crippen LogP contribution is -2.17. The zero-order chi connectivity index (χ0) is 9.90. The molecule has 0 saturated carbocycles. The van der Waals surface area contributed by atoms with E-state index in [0.717, 1.165) is 12.3 Å². The van der Waals surface area contributed by atoms with E-state index in [4.69, 9.17) is 0 Å². The van der Waals surface area contributed by atoms with Crippen LogP contribution in [-0.2, 0) is 0 Å². The Hall–Kier alpha value is -1.46. The van der Waals surface area contributed by atoms with Crippen molar-refractivity contribution < 1.29 is 22.6 Å². The van der Waals surface area contributed by atoms with E-state index in [2.05, 4.69) is 14.5 Å². The van der Waals surface area contributed by atoms with Crippen LogP contribution in [0, 0.1) is 0 Å². The molecule has 0 radical (unpaired) electrons. The second-order valence-corrected chi connectivity index (χ2v) is 2.11. The van der Waals surface area contributed by atoms with E-state index in [1.54, 1.807) is 0 Å². The smallest absolute Gasteiger partial charge is 0.495 e. The highest BCUT2D eigenvalue weighted by atomic mass is 19.4. The third kappa shape index (κ3) is 3.18. The Morgan fingerprint density at radius 3 is 2.38 bits per heavy atom. The van der Waals surface area contributed by atoms with Crippen LogP contribution in [0.25, 0.3) is 0 Å². The van der Waals surface area contributed by atoms with Crippen LogP contribution in [0.15, 0.2) is 18.5 Å². The van der Waals surface area contributed by atoms with Gasteiger partial charge < -0.3 is 9.47 Å². The van der Waals surface area contributed by atoms with E-state index in [9.17, 15) is 13.2 Å². The molecule has 0 aliphatic rings. The minimum absolute atomic E-state index is 0.210. The van der Waals surface area contributed by atoms with Crippen molar-refractivity contribution in [2.24, 2.45) is 0 Å². The molecule has 0 N–H and O–H groups in total. The van der Waals surface area contributed by atoms with E-state index in [1.807, 2.05) is 0 Å². The molecule has 0 atom stereocenters. The van der Waals surface area contributed by atoms with Crippen molar-refractivity contribution >= 4 is 0 Å². The zero-order valence-corrected chi connectivity index (χ0v) is 6.63. The first-order valence-corrected chi connectivity index (χ1v) is 3.26. The highest BCUT2D eigenvalue weighted by Crippen LogP contribution is 2.24. The van der Waals surface area contributed by atoms with Gasteiger partial charge >= 0.3 is 6.36 Å². The van der Waals surface area contributed by atoms with E-state index < -0.39 is 12.1 Å². The molecule has 1 aromatic heterocycles. The Morgan fingerprint density at radius 1 is 1.23 bits per heavy atom. The fraction of sp³-hybridized carbons (Fsp3) is 0.286. The normalized spacial score (nSPS) is 11.1. The monoisotopic (exact) mass is 193 g/mol. The Kier molecular flexibility index (Phi) is 2.60. The number of nitrogens with zero attached hydrogens (tertiary/aromatic N) is 1. The molecule has 6 heteroatoms. The maximum Gasteiger partial charge on any atom is 0.573 e. The summed E-state index contributed by atoms with van der Waals surface area (Å²) in [6.07, 6.45) is -2.46. The Labute approximate surface area is 72.1 Å². The van der Waals surface area contributed by atoms with Gasteiger partial charge in [-0.25, -0.2) is 0 Å². The summed E-state index contributed by atoms with van der Waals surface area (Å²) < 4.78 is 43.3. The van der Waals surface area contributed by atoms with Crippen molar-refractivity contribution in [3.05, 3.63) is 18.5 Å². The van der Waals surface area contributed by atoms with Gasteiger partial charge in [-0.1, -0.05) is 0 Å². The number of alkyl halides is 3. The minimum Gasteiger partial charge on any atom is -0.495 e. The SMILES string of the molecule is COc1cncc(OC(F)(F)F)c1. The summed E-state index contributed by atoms with van der Waals surface area (Å²) in [4.78, 5) is 3.49. The quantitative estimate of drug-likeness (QED) is 0.719. The maximum atomic E-state index is 11.7. The van der Waals surface area contributed by atoms with Crippen molar-refractivity contribution in [2.75, 3.05) is 7.11 Å². The lowest BCUT2D eigenvalue weighted by molar-refractivity contribution is -0.274. The molecule has 0 amide bonds. The lowest BCUT2D eigenvalue weighted by atomic mass is 10.4. The van der Waals surface area contributed by atoms with Gasteiger partial charge in [0.25, 0.3) is 0 Å². The molecule has 0 aliphatic heterocycles. The largest absolute Gasteiger partial charge is 0.573 e. The van der Waals surface area contributed by atoms with Gasteiger partial charge in [0.15, 0.2) is 5.75 Å². The number of rotatable bonds is 2. The molecule has 1 heterocycles. The highest BCUT2D eigenvalue weighted by Gasteiger charge is 2.31. The zero-order valence-electron chi connectivity index (χ0n) is 6.63. The minimum atomic E-state index is -4.70. The molecule has 0 spiro atoms. The second-order valence-electron chi connectivity index (χ2n) is 2.11. The molecule has 0 aromatic carbocycles. The first-order chi connectivity index (χ1) is 6.01. The molecule has 0 fully saturated rings. The molecule has 72 valence electrons. The average Bonchev–Trinajstić information content (AvgIpc) is 2.01. The van der Waals surface area contributed by atoms with Gasteiger partial charge in [-0.3, -0.25) is 4.98 Å². The Morgan fingerprint density at radius 2 is 1.85 bits per heavy atom. The molecule has 0 saturated heterocycles. The molecule has 0 unspecified atom stereocenters. The number of pyridine rings is 1. The van der Waals surface area contributed by atoms with Crippen molar-refractivity contribution in [1.29, 1.82) is 0 Å². The van der Waals surface area contributed by atoms with E-state index in [-0.39, 0.29) is 5.75 Å². The standard InChI is InChI=1S/C7H6F3NO2/c1-12-5-2-6(4-11-3-5)13-7(8,9)10/h2-4H,1H3. The summed E-state index contributed by atoms with van der Waals surface area (Å²) in [5.41, 5.74) is 0. The van der Waals surface area contributed by atoms with Crippen LogP contribution >= 0.6 is 0 Å². The molecule has 0 aliphatic carbocycles. The van der Waals surface area contributed by atoms with Gasteiger partial charge in [0.1, 0.15) is 5.75 Å². The summed E-state index contributed by atoms with van der Waals surface area (Å²) >= 11 is 0. The summed E-state index contributed by atoms with van der Waals surface area (Å²) in [6, 6.07) is 1.10.